The lowest BCUT2D eigenvalue weighted by Gasteiger charge is -2.57. The zero-order chi connectivity index (χ0) is 21.9. The van der Waals surface area contributed by atoms with Crippen molar-refractivity contribution in [2.75, 3.05) is 7.11 Å². The van der Waals surface area contributed by atoms with Gasteiger partial charge in [-0.2, -0.15) is 0 Å². The molecule has 4 bridgehead atoms. The number of hydroxylamine groups is 1. The van der Waals surface area contributed by atoms with Crippen molar-refractivity contribution in [3.63, 3.8) is 0 Å². The maximum absolute atomic E-state index is 11.7. The van der Waals surface area contributed by atoms with Crippen LogP contribution in [0.1, 0.15) is 54.4 Å². The lowest BCUT2D eigenvalue weighted by atomic mass is 9.48. The second kappa shape index (κ2) is 7.35. The molecule has 4 nitrogen and oxygen atoms in total. The van der Waals surface area contributed by atoms with Gasteiger partial charge in [0.25, 0.3) is 5.91 Å². The minimum absolute atomic E-state index is 0.277. The molecule has 0 aliphatic heterocycles. The van der Waals surface area contributed by atoms with Gasteiger partial charge in [-0.1, -0.05) is 24.3 Å². The Kier molecular flexibility index (Phi) is 4.55. The fraction of sp³-hybridized carbons (Fsp3) is 0.393. The highest BCUT2D eigenvalue weighted by atomic mass is 16.5. The molecule has 4 fully saturated rings. The number of hydrogen-bond donors (Lipinski definition) is 2. The van der Waals surface area contributed by atoms with Crippen LogP contribution in [-0.2, 0) is 5.41 Å². The largest absolute Gasteiger partial charge is 0.496 e. The van der Waals surface area contributed by atoms with Crippen LogP contribution in [0.25, 0.3) is 21.9 Å². The van der Waals surface area contributed by atoms with Gasteiger partial charge in [-0.05, 0) is 114 Å². The molecule has 32 heavy (non-hydrogen) atoms. The summed E-state index contributed by atoms with van der Waals surface area (Å²) in [6.45, 7) is 0. The van der Waals surface area contributed by atoms with E-state index in [1.807, 2.05) is 12.1 Å². The van der Waals surface area contributed by atoms with Gasteiger partial charge in [-0.15, -0.1) is 0 Å². The van der Waals surface area contributed by atoms with E-state index in [4.69, 9.17) is 9.94 Å². The molecule has 3 aromatic carbocycles. The molecule has 0 unspecified atom stereocenters. The predicted molar refractivity (Wildman–Crippen MR) is 125 cm³/mol. The van der Waals surface area contributed by atoms with Crippen LogP contribution in [0.15, 0.2) is 54.6 Å². The van der Waals surface area contributed by atoms with Crippen molar-refractivity contribution >= 4 is 16.7 Å². The van der Waals surface area contributed by atoms with Gasteiger partial charge >= 0.3 is 0 Å². The first-order valence-electron chi connectivity index (χ1n) is 11.7. The Labute approximate surface area is 188 Å². The molecule has 0 saturated heterocycles. The molecule has 4 aliphatic carbocycles. The first-order chi connectivity index (χ1) is 15.6. The Morgan fingerprint density at radius 1 is 0.875 bits per heavy atom. The van der Waals surface area contributed by atoms with Crippen molar-refractivity contribution in [3.05, 3.63) is 65.7 Å². The molecule has 7 rings (SSSR count). The standard InChI is InChI=1S/C28H29NO3/c1-32-26-7-6-23(13-25(26)28-14-17-8-18(15-28)10-19(9-17)16-28)21-2-3-22-12-24(27(30)29-31)5-4-20(22)11-21/h2-7,11-13,17-19,31H,8-10,14-16H2,1H3,(H,29,30). The molecule has 164 valence electrons. The molecule has 0 atom stereocenters. The van der Waals surface area contributed by atoms with Crippen molar-refractivity contribution in [2.24, 2.45) is 17.8 Å². The Balaban J connectivity index is 1.41. The number of benzene rings is 3. The van der Waals surface area contributed by atoms with Crippen LogP contribution in [0.4, 0.5) is 0 Å². The van der Waals surface area contributed by atoms with Gasteiger partial charge in [0, 0.05) is 11.1 Å². The van der Waals surface area contributed by atoms with Crippen molar-refractivity contribution in [3.8, 4) is 16.9 Å². The third-order valence-corrected chi connectivity index (χ3v) is 8.35. The monoisotopic (exact) mass is 427 g/mol. The van der Waals surface area contributed by atoms with Gasteiger partial charge in [-0.25, -0.2) is 5.48 Å². The van der Waals surface area contributed by atoms with Crippen LogP contribution >= 0.6 is 0 Å². The maximum Gasteiger partial charge on any atom is 0.274 e. The van der Waals surface area contributed by atoms with Crippen LogP contribution in [0.3, 0.4) is 0 Å². The Hall–Kier alpha value is -2.85. The Morgan fingerprint density at radius 2 is 1.47 bits per heavy atom. The van der Waals surface area contributed by atoms with Gasteiger partial charge in [0.1, 0.15) is 5.75 Å². The minimum atomic E-state index is -0.494. The smallest absolute Gasteiger partial charge is 0.274 e. The quantitative estimate of drug-likeness (QED) is 0.391. The normalized spacial score (nSPS) is 28.1. The van der Waals surface area contributed by atoms with E-state index >= 15 is 0 Å². The molecule has 0 radical (unpaired) electrons. The van der Waals surface area contributed by atoms with Crippen LogP contribution in [0, 0.1) is 17.8 Å². The minimum Gasteiger partial charge on any atom is -0.496 e. The molecular formula is C28H29NO3. The summed E-state index contributed by atoms with van der Waals surface area (Å²) in [4.78, 5) is 11.7. The van der Waals surface area contributed by atoms with E-state index in [-0.39, 0.29) is 5.41 Å². The average Bonchev–Trinajstić information content (AvgIpc) is 2.81. The summed E-state index contributed by atoms with van der Waals surface area (Å²) in [6, 6.07) is 18.5. The molecule has 0 spiro atoms. The predicted octanol–water partition coefficient (Wildman–Crippen LogP) is 6.10. The maximum atomic E-state index is 11.7. The SMILES string of the molecule is COc1ccc(-c2ccc3cc(C(=O)NO)ccc3c2)cc1C12CC3CC(CC(C3)C1)C2. The molecule has 0 aromatic heterocycles. The third kappa shape index (κ3) is 3.12. The molecule has 4 heteroatoms. The van der Waals surface area contributed by atoms with E-state index in [1.165, 1.54) is 55.2 Å². The van der Waals surface area contributed by atoms with Gasteiger partial charge < -0.3 is 4.74 Å². The molecule has 4 saturated carbocycles. The molecule has 1 amide bonds. The average molecular weight is 428 g/mol. The van der Waals surface area contributed by atoms with E-state index in [1.54, 1.807) is 24.7 Å². The van der Waals surface area contributed by atoms with Crippen LogP contribution in [0.2, 0.25) is 0 Å². The summed E-state index contributed by atoms with van der Waals surface area (Å²) in [5, 5.41) is 11.0. The molecule has 4 aliphatic rings. The van der Waals surface area contributed by atoms with Gasteiger partial charge in [0.05, 0.1) is 7.11 Å². The van der Waals surface area contributed by atoms with Crippen molar-refractivity contribution < 1.29 is 14.7 Å². The fourth-order valence-electron chi connectivity index (χ4n) is 7.37. The number of carbonyl (C=O) groups is 1. The highest BCUT2D eigenvalue weighted by Gasteiger charge is 2.52. The van der Waals surface area contributed by atoms with E-state index in [0.29, 0.717) is 5.56 Å². The van der Waals surface area contributed by atoms with Crippen molar-refractivity contribution in [1.29, 1.82) is 0 Å². The zero-order valence-electron chi connectivity index (χ0n) is 18.4. The summed E-state index contributed by atoms with van der Waals surface area (Å²) >= 11 is 0. The van der Waals surface area contributed by atoms with Crippen LogP contribution in [-0.4, -0.2) is 18.2 Å². The lowest BCUT2D eigenvalue weighted by Crippen LogP contribution is -2.48. The van der Waals surface area contributed by atoms with Gasteiger partial charge in [0.15, 0.2) is 0 Å². The van der Waals surface area contributed by atoms with Crippen molar-refractivity contribution in [1.82, 2.24) is 5.48 Å². The van der Waals surface area contributed by atoms with Gasteiger partial charge in [-0.3, -0.25) is 10.0 Å². The summed E-state index contributed by atoms with van der Waals surface area (Å²) in [6.07, 6.45) is 8.23. The second-order valence-electron chi connectivity index (χ2n) is 10.3. The number of rotatable bonds is 4. The van der Waals surface area contributed by atoms with Crippen LogP contribution in [0.5, 0.6) is 5.75 Å². The highest BCUT2D eigenvalue weighted by molar-refractivity contribution is 5.98. The summed E-state index contributed by atoms with van der Waals surface area (Å²) in [5.41, 5.74) is 6.23. The molecule has 2 N–H and O–H groups in total. The van der Waals surface area contributed by atoms with Crippen LogP contribution < -0.4 is 10.2 Å². The first kappa shape index (κ1) is 19.8. The first-order valence-corrected chi connectivity index (χ1v) is 11.7. The summed E-state index contributed by atoms with van der Waals surface area (Å²) in [5.74, 6) is 3.21. The number of hydrogen-bond acceptors (Lipinski definition) is 3. The number of carbonyl (C=O) groups excluding carboxylic acids is 1. The van der Waals surface area contributed by atoms with E-state index in [0.717, 1.165) is 34.3 Å². The number of nitrogens with one attached hydrogen (secondary N) is 1. The zero-order valence-corrected chi connectivity index (χ0v) is 18.4. The number of fused-ring (bicyclic) bond motifs is 1. The van der Waals surface area contributed by atoms with E-state index in [2.05, 4.69) is 30.3 Å². The van der Waals surface area contributed by atoms with E-state index < -0.39 is 5.91 Å². The highest BCUT2D eigenvalue weighted by Crippen LogP contribution is 2.62. The molecule has 3 aromatic rings. The molecular weight excluding hydrogens is 398 g/mol. The van der Waals surface area contributed by atoms with Gasteiger partial charge in [0.2, 0.25) is 0 Å². The van der Waals surface area contributed by atoms with Crippen molar-refractivity contribution in [2.45, 2.75) is 43.9 Å². The third-order valence-electron chi connectivity index (χ3n) is 8.35. The Bertz CT molecular complexity index is 1180. The summed E-state index contributed by atoms with van der Waals surface area (Å²) < 4.78 is 5.88. The number of methoxy groups -OCH3 is 1. The van der Waals surface area contributed by atoms with E-state index in [9.17, 15) is 4.79 Å². The fourth-order valence-corrected chi connectivity index (χ4v) is 7.37. The number of amides is 1. The summed E-state index contributed by atoms with van der Waals surface area (Å²) in [7, 11) is 1.80. The Morgan fingerprint density at radius 3 is 2.12 bits per heavy atom. The molecule has 0 heterocycles. The topological polar surface area (TPSA) is 58.6 Å². The lowest BCUT2D eigenvalue weighted by molar-refractivity contribution is -0.00613. The number of ether oxygens (including phenoxy) is 1. The second-order valence-corrected chi connectivity index (χ2v) is 10.3.